The summed E-state index contributed by atoms with van der Waals surface area (Å²) in [5, 5.41) is 3.43. The van der Waals surface area contributed by atoms with Gasteiger partial charge in [0.2, 0.25) is 0 Å². The topological polar surface area (TPSA) is 81.7 Å². The monoisotopic (exact) mass is 543 g/mol. The second-order valence-electron chi connectivity index (χ2n) is 5.82. The van der Waals surface area contributed by atoms with Crippen LogP contribution in [-0.2, 0) is 14.6 Å². The van der Waals surface area contributed by atoms with Crippen molar-refractivity contribution >= 4 is 53.4 Å². The molecule has 0 bridgehead atoms. The number of halogens is 2. The van der Waals surface area contributed by atoms with Crippen LogP contribution in [0, 0.1) is 18.8 Å². The summed E-state index contributed by atoms with van der Waals surface area (Å²) in [6.07, 6.45) is 0. The number of hydrogen-bond donors (Lipinski definition) is 1. The van der Waals surface area contributed by atoms with Crippen molar-refractivity contribution in [2.75, 3.05) is 30.2 Å². The first-order valence-corrected chi connectivity index (χ1v) is 11.9. The van der Waals surface area contributed by atoms with E-state index in [-0.39, 0.29) is 22.9 Å². The van der Waals surface area contributed by atoms with E-state index in [9.17, 15) is 13.2 Å². The van der Waals surface area contributed by atoms with Crippen LogP contribution in [0.25, 0.3) is 0 Å². The number of esters is 1. The summed E-state index contributed by atoms with van der Waals surface area (Å²) < 4.78 is 36.3. The van der Waals surface area contributed by atoms with Gasteiger partial charge in [-0.15, -0.1) is 0 Å². The minimum absolute atomic E-state index is 0.137. The number of carbonyl (C=O) groups excluding carboxylic acids is 1. The Kier molecular flexibility index (Phi) is 8.56. The number of rotatable bonds is 7. The summed E-state index contributed by atoms with van der Waals surface area (Å²) in [4.78, 5) is 12.2. The zero-order valence-corrected chi connectivity index (χ0v) is 19.8. The molecular weight excluding hydrogens is 526 g/mol. The van der Waals surface area contributed by atoms with Crippen molar-refractivity contribution in [3.8, 4) is 17.6 Å². The van der Waals surface area contributed by atoms with Gasteiger partial charge in [0.25, 0.3) is 0 Å². The largest absolute Gasteiger partial charge is 0.481 e. The number of ether oxygens (including phenoxy) is 2. The Morgan fingerprint density at radius 3 is 2.48 bits per heavy atom. The highest BCUT2D eigenvalue weighted by Gasteiger charge is 2.19. The standard InChI is InChI=1S/C20H19Br2NO5S/c1-14-11-15(22)12-18(20(24)27-2)19(14)23-13-29(25,26)17-7-5-16(6-8-17)28-10-4-3-9-21/h5-8,11-12,23H,9-10,13H2,1-2H3. The van der Waals surface area contributed by atoms with E-state index in [1.165, 1.54) is 19.2 Å². The number of benzene rings is 2. The van der Waals surface area contributed by atoms with Crippen LogP contribution in [-0.4, -0.2) is 39.3 Å². The smallest absolute Gasteiger partial charge is 0.340 e. The zero-order chi connectivity index (χ0) is 21.4. The number of sulfone groups is 1. The number of aryl methyl sites for hydroxylation is 1. The molecule has 154 valence electrons. The van der Waals surface area contributed by atoms with E-state index < -0.39 is 15.8 Å². The summed E-state index contributed by atoms with van der Waals surface area (Å²) in [6.45, 7) is 2.00. The molecule has 0 radical (unpaired) electrons. The van der Waals surface area contributed by atoms with E-state index in [1.54, 1.807) is 31.2 Å². The molecule has 0 saturated heterocycles. The molecule has 6 nitrogen and oxygen atoms in total. The fraction of sp³-hybridized carbons (Fsp3) is 0.250. The highest BCUT2D eigenvalue weighted by atomic mass is 79.9. The van der Waals surface area contributed by atoms with Crippen LogP contribution in [0.5, 0.6) is 5.75 Å². The van der Waals surface area contributed by atoms with Crippen LogP contribution in [0.1, 0.15) is 15.9 Å². The Hall–Kier alpha value is -2.02. The molecule has 0 aliphatic rings. The summed E-state index contributed by atoms with van der Waals surface area (Å²) in [5.41, 5.74) is 1.38. The van der Waals surface area contributed by atoms with Crippen LogP contribution < -0.4 is 10.1 Å². The third-order valence-corrected chi connectivity index (χ3v) is 6.08. The summed E-state index contributed by atoms with van der Waals surface area (Å²) >= 11 is 6.52. The van der Waals surface area contributed by atoms with Gasteiger partial charge in [-0.2, -0.15) is 0 Å². The molecule has 2 rings (SSSR count). The number of carbonyl (C=O) groups is 1. The number of nitrogens with one attached hydrogen (secondary N) is 1. The van der Waals surface area contributed by atoms with Crippen LogP contribution >= 0.6 is 31.9 Å². The Bertz CT molecular complexity index is 1040. The molecule has 29 heavy (non-hydrogen) atoms. The first-order chi connectivity index (χ1) is 13.8. The number of alkyl halides is 1. The second kappa shape index (κ2) is 10.7. The van der Waals surface area contributed by atoms with E-state index in [0.717, 1.165) is 0 Å². The molecule has 0 unspecified atom stereocenters. The van der Waals surface area contributed by atoms with Crippen molar-refractivity contribution in [2.45, 2.75) is 11.8 Å². The molecule has 0 saturated carbocycles. The van der Waals surface area contributed by atoms with Gasteiger partial charge in [-0.3, -0.25) is 0 Å². The van der Waals surface area contributed by atoms with Crippen molar-refractivity contribution in [1.82, 2.24) is 0 Å². The van der Waals surface area contributed by atoms with Crippen LogP contribution in [0.2, 0.25) is 0 Å². The molecular formula is C20H19Br2NO5S. The summed E-state index contributed by atoms with van der Waals surface area (Å²) in [6, 6.07) is 9.46. The Morgan fingerprint density at radius 2 is 1.86 bits per heavy atom. The maximum atomic E-state index is 12.7. The van der Waals surface area contributed by atoms with Gasteiger partial charge in [0.05, 0.1) is 28.6 Å². The van der Waals surface area contributed by atoms with Gasteiger partial charge in [-0.05, 0) is 48.9 Å². The SMILES string of the molecule is COC(=O)c1cc(Br)cc(C)c1NCS(=O)(=O)c1ccc(OCC#CCBr)cc1. The van der Waals surface area contributed by atoms with Gasteiger partial charge in [-0.25, -0.2) is 13.2 Å². The van der Waals surface area contributed by atoms with Gasteiger partial charge in [0.1, 0.15) is 18.2 Å². The van der Waals surface area contributed by atoms with E-state index >= 15 is 0 Å². The first kappa shape index (κ1) is 23.3. The quantitative estimate of drug-likeness (QED) is 0.320. The number of methoxy groups -OCH3 is 1. The zero-order valence-electron chi connectivity index (χ0n) is 15.8. The highest BCUT2D eigenvalue weighted by molar-refractivity contribution is 9.10. The van der Waals surface area contributed by atoms with Crippen molar-refractivity contribution in [1.29, 1.82) is 0 Å². The average Bonchev–Trinajstić information content (AvgIpc) is 2.69. The van der Waals surface area contributed by atoms with Crippen molar-refractivity contribution < 1.29 is 22.7 Å². The minimum Gasteiger partial charge on any atom is -0.481 e. The molecule has 0 spiro atoms. The van der Waals surface area contributed by atoms with Crippen LogP contribution in [0.3, 0.4) is 0 Å². The molecule has 0 atom stereocenters. The minimum atomic E-state index is -3.65. The number of hydrogen-bond acceptors (Lipinski definition) is 6. The lowest BCUT2D eigenvalue weighted by atomic mass is 10.1. The Morgan fingerprint density at radius 1 is 1.17 bits per heavy atom. The van der Waals surface area contributed by atoms with E-state index in [1.807, 2.05) is 0 Å². The molecule has 0 aliphatic carbocycles. The lowest BCUT2D eigenvalue weighted by Gasteiger charge is -2.15. The molecule has 0 fully saturated rings. The predicted molar refractivity (Wildman–Crippen MR) is 119 cm³/mol. The highest BCUT2D eigenvalue weighted by Crippen LogP contribution is 2.27. The fourth-order valence-electron chi connectivity index (χ4n) is 2.46. The fourth-order valence-corrected chi connectivity index (χ4v) is 4.28. The van der Waals surface area contributed by atoms with Crippen LogP contribution in [0.4, 0.5) is 5.69 Å². The molecule has 9 heteroatoms. The molecule has 0 aliphatic heterocycles. The maximum Gasteiger partial charge on any atom is 0.340 e. The molecule has 2 aromatic carbocycles. The van der Waals surface area contributed by atoms with Gasteiger partial charge < -0.3 is 14.8 Å². The third-order valence-electron chi connectivity index (χ3n) is 3.83. The Labute approximate surface area is 187 Å². The van der Waals surface area contributed by atoms with Crippen molar-refractivity contribution in [3.63, 3.8) is 0 Å². The van der Waals surface area contributed by atoms with E-state index in [4.69, 9.17) is 9.47 Å². The second-order valence-corrected chi connectivity index (χ2v) is 9.29. The lowest BCUT2D eigenvalue weighted by Crippen LogP contribution is -2.18. The summed E-state index contributed by atoms with van der Waals surface area (Å²) in [5.74, 6) is 5.21. The van der Waals surface area contributed by atoms with Gasteiger partial charge in [0, 0.05) is 4.47 Å². The van der Waals surface area contributed by atoms with E-state index in [0.29, 0.717) is 26.8 Å². The van der Waals surface area contributed by atoms with Gasteiger partial charge in [-0.1, -0.05) is 43.7 Å². The summed E-state index contributed by atoms with van der Waals surface area (Å²) in [7, 11) is -2.37. The molecule has 0 amide bonds. The maximum absolute atomic E-state index is 12.7. The van der Waals surface area contributed by atoms with Gasteiger partial charge in [0.15, 0.2) is 9.84 Å². The molecule has 0 aromatic heterocycles. The predicted octanol–water partition coefficient (Wildman–Crippen LogP) is 4.16. The average molecular weight is 545 g/mol. The van der Waals surface area contributed by atoms with E-state index in [2.05, 4.69) is 49.0 Å². The molecule has 1 N–H and O–H groups in total. The normalized spacial score (nSPS) is 10.6. The molecule has 2 aromatic rings. The first-order valence-electron chi connectivity index (χ1n) is 8.38. The van der Waals surface area contributed by atoms with Crippen molar-refractivity contribution in [3.05, 3.63) is 52.0 Å². The number of anilines is 1. The Balaban J connectivity index is 2.15. The lowest BCUT2D eigenvalue weighted by molar-refractivity contribution is 0.0601. The van der Waals surface area contributed by atoms with Gasteiger partial charge >= 0.3 is 5.97 Å². The van der Waals surface area contributed by atoms with Crippen molar-refractivity contribution in [2.24, 2.45) is 0 Å². The van der Waals surface area contributed by atoms with Crippen LogP contribution in [0.15, 0.2) is 45.8 Å². The molecule has 0 heterocycles. The third kappa shape index (κ3) is 6.49.